The number of carbonyl (C=O) groups excluding carboxylic acids is 3. The lowest BCUT2D eigenvalue weighted by Gasteiger charge is -2.18. The molecule has 5 rings (SSSR count). The SMILES string of the molecule is CCOC(=O)c1c(N2C(=O)[C@@H]3[C@@H](C2=O)[C@H]2C=C[C@H]3O2)sc2c1CCCC2. The van der Waals surface area contributed by atoms with E-state index in [1.54, 1.807) is 6.92 Å². The lowest BCUT2D eigenvalue weighted by Crippen LogP contribution is -2.35. The summed E-state index contributed by atoms with van der Waals surface area (Å²) in [5.74, 6) is -1.86. The van der Waals surface area contributed by atoms with Gasteiger partial charge in [0.1, 0.15) is 5.00 Å². The molecule has 4 heterocycles. The topological polar surface area (TPSA) is 72.9 Å². The normalized spacial score (nSPS) is 31.5. The van der Waals surface area contributed by atoms with Gasteiger partial charge in [-0.05, 0) is 38.2 Å². The third kappa shape index (κ3) is 2.04. The third-order valence-corrected chi connectivity index (χ3v) is 7.02. The zero-order chi connectivity index (χ0) is 18.0. The first-order valence-electron chi connectivity index (χ1n) is 9.15. The van der Waals surface area contributed by atoms with Crippen LogP contribution in [-0.2, 0) is 31.9 Å². The first-order valence-corrected chi connectivity index (χ1v) is 9.96. The summed E-state index contributed by atoms with van der Waals surface area (Å²) in [5.41, 5.74) is 1.39. The van der Waals surface area contributed by atoms with E-state index in [2.05, 4.69) is 0 Å². The lowest BCUT2D eigenvalue weighted by atomic mass is 9.85. The molecule has 4 aliphatic rings. The Kier molecular flexibility index (Phi) is 3.59. The average Bonchev–Trinajstić information content (AvgIpc) is 3.37. The minimum atomic E-state index is -0.466. The zero-order valence-electron chi connectivity index (χ0n) is 14.4. The van der Waals surface area contributed by atoms with Crippen LogP contribution in [-0.4, -0.2) is 36.6 Å². The van der Waals surface area contributed by atoms with E-state index in [0.717, 1.165) is 36.1 Å². The number of carbonyl (C=O) groups is 3. The van der Waals surface area contributed by atoms with Crippen molar-refractivity contribution in [3.05, 3.63) is 28.2 Å². The van der Waals surface area contributed by atoms with Crippen molar-refractivity contribution < 1.29 is 23.9 Å². The summed E-state index contributed by atoms with van der Waals surface area (Å²) in [4.78, 5) is 41.2. The predicted octanol–water partition coefficient (Wildman–Crippen LogP) is 2.25. The van der Waals surface area contributed by atoms with Gasteiger partial charge in [0.05, 0.1) is 36.2 Å². The maximum Gasteiger partial charge on any atom is 0.341 e. The number of ether oxygens (including phenoxy) is 2. The van der Waals surface area contributed by atoms with Crippen LogP contribution in [0.15, 0.2) is 12.2 Å². The van der Waals surface area contributed by atoms with Gasteiger partial charge in [-0.2, -0.15) is 0 Å². The van der Waals surface area contributed by atoms with E-state index in [0.29, 0.717) is 10.6 Å². The molecule has 6 nitrogen and oxygen atoms in total. The molecule has 0 saturated carbocycles. The second-order valence-electron chi connectivity index (χ2n) is 7.13. The number of hydrogen-bond acceptors (Lipinski definition) is 6. The molecule has 0 unspecified atom stereocenters. The number of aryl methyl sites for hydroxylation is 1. The van der Waals surface area contributed by atoms with Crippen molar-refractivity contribution in [2.24, 2.45) is 11.8 Å². The summed E-state index contributed by atoms with van der Waals surface area (Å²) < 4.78 is 10.9. The Morgan fingerprint density at radius 2 is 1.85 bits per heavy atom. The number of rotatable bonds is 3. The molecule has 0 N–H and O–H groups in total. The highest BCUT2D eigenvalue weighted by Gasteiger charge is 2.61. The molecule has 1 aromatic heterocycles. The molecule has 26 heavy (non-hydrogen) atoms. The number of anilines is 1. The van der Waals surface area contributed by atoms with Crippen LogP contribution in [0.25, 0.3) is 0 Å². The van der Waals surface area contributed by atoms with Gasteiger partial charge in [0.15, 0.2) is 0 Å². The van der Waals surface area contributed by atoms with Gasteiger partial charge in [0.25, 0.3) is 0 Å². The van der Waals surface area contributed by atoms with Gasteiger partial charge < -0.3 is 9.47 Å². The molecule has 1 aliphatic carbocycles. The van der Waals surface area contributed by atoms with Gasteiger partial charge >= 0.3 is 5.97 Å². The predicted molar refractivity (Wildman–Crippen MR) is 94.2 cm³/mol. The third-order valence-electron chi connectivity index (χ3n) is 5.75. The Labute approximate surface area is 154 Å². The van der Waals surface area contributed by atoms with Crippen LogP contribution in [0.5, 0.6) is 0 Å². The molecule has 0 aromatic carbocycles. The number of amides is 2. The fourth-order valence-electron chi connectivity index (χ4n) is 4.63. The maximum absolute atomic E-state index is 13.1. The smallest absolute Gasteiger partial charge is 0.341 e. The molecule has 1 aromatic rings. The highest BCUT2D eigenvalue weighted by molar-refractivity contribution is 7.17. The Hall–Kier alpha value is -1.99. The highest BCUT2D eigenvalue weighted by atomic mass is 32.1. The van der Waals surface area contributed by atoms with Crippen molar-refractivity contribution in [1.29, 1.82) is 0 Å². The van der Waals surface area contributed by atoms with Gasteiger partial charge in [-0.3, -0.25) is 9.59 Å². The van der Waals surface area contributed by atoms with Crippen LogP contribution in [0.2, 0.25) is 0 Å². The Morgan fingerprint density at radius 3 is 2.50 bits per heavy atom. The summed E-state index contributed by atoms with van der Waals surface area (Å²) in [5, 5.41) is 0.458. The van der Waals surface area contributed by atoms with Gasteiger partial charge in [-0.1, -0.05) is 12.2 Å². The number of esters is 1. The Bertz CT molecular complexity index is 826. The van der Waals surface area contributed by atoms with Crippen molar-refractivity contribution in [1.82, 2.24) is 0 Å². The van der Waals surface area contributed by atoms with Gasteiger partial charge in [-0.15, -0.1) is 11.3 Å². The fourth-order valence-corrected chi connectivity index (χ4v) is 6.01. The minimum Gasteiger partial charge on any atom is -0.462 e. The summed E-state index contributed by atoms with van der Waals surface area (Å²) >= 11 is 1.40. The second kappa shape index (κ2) is 5.76. The van der Waals surface area contributed by atoms with Crippen LogP contribution in [0.1, 0.15) is 40.6 Å². The number of hydrogen-bond donors (Lipinski definition) is 0. The van der Waals surface area contributed by atoms with E-state index in [1.807, 2.05) is 12.2 Å². The maximum atomic E-state index is 13.1. The first kappa shape index (κ1) is 16.2. The van der Waals surface area contributed by atoms with Gasteiger partial charge in [-0.25, -0.2) is 9.69 Å². The molecule has 2 amide bonds. The lowest BCUT2D eigenvalue weighted by molar-refractivity contribution is -0.124. The number of fused-ring (bicyclic) bond motifs is 6. The molecule has 136 valence electrons. The fraction of sp³-hybridized carbons (Fsp3) is 0.526. The number of imide groups is 1. The van der Waals surface area contributed by atoms with Gasteiger partial charge in [0.2, 0.25) is 11.8 Å². The molecule has 7 heteroatoms. The number of nitrogens with zero attached hydrogens (tertiary/aromatic N) is 1. The van der Waals surface area contributed by atoms with Crippen molar-refractivity contribution in [2.75, 3.05) is 11.5 Å². The molecule has 3 aliphatic heterocycles. The van der Waals surface area contributed by atoms with Crippen molar-refractivity contribution in [2.45, 2.75) is 44.8 Å². The molecule has 4 atom stereocenters. The van der Waals surface area contributed by atoms with E-state index < -0.39 is 17.8 Å². The number of thiophene rings is 1. The average molecular weight is 373 g/mol. The molecule has 2 saturated heterocycles. The molecule has 2 bridgehead atoms. The van der Waals surface area contributed by atoms with Crippen molar-refractivity contribution >= 4 is 34.1 Å². The van der Waals surface area contributed by atoms with E-state index in [1.165, 1.54) is 16.2 Å². The first-order chi connectivity index (χ1) is 12.6. The zero-order valence-corrected chi connectivity index (χ0v) is 15.2. The quantitative estimate of drug-likeness (QED) is 0.462. The largest absolute Gasteiger partial charge is 0.462 e. The van der Waals surface area contributed by atoms with E-state index in [9.17, 15) is 14.4 Å². The van der Waals surface area contributed by atoms with Crippen molar-refractivity contribution in [3.63, 3.8) is 0 Å². The monoisotopic (exact) mass is 373 g/mol. The van der Waals surface area contributed by atoms with Crippen LogP contribution >= 0.6 is 11.3 Å². The van der Waals surface area contributed by atoms with Crippen LogP contribution < -0.4 is 4.90 Å². The van der Waals surface area contributed by atoms with Gasteiger partial charge in [0, 0.05) is 4.88 Å². The van der Waals surface area contributed by atoms with Crippen LogP contribution in [0, 0.1) is 11.8 Å². The summed E-state index contributed by atoms with van der Waals surface area (Å²) in [6, 6.07) is 0. The van der Waals surface area contributed by atoms with E-state index in [-0.39, 0.29) is 30.6 Å². The van der Waals surface area contributed by atoms with Crippen molar-refractivity contribution in [3.8, 4) is 0 Å². The molecule has 0 spiro atoms. The Balaban J connectivity index is 1.60. The standard InChI is InChI=1S/C19H19NO5S/c1-2-24-19(23)13-9-5-3-4-6-12(9)26-18(13)20-16(21)14-10-7-8-11(25-10)15(14)17(20)22/h7-8,10-11,14-15H,2-6H2,1H3/t10-,11-,14+,15+/m1/s1. The van der Waals surface area contributed by atoms with E-state index in [4.69, 9.17) is 9.47 Å². The molecular formula is C19H19NO5S. The summed E-state index contributed by atoms with van der Waals surface area (Å²) in [6.45, 7) is 2.02. The van der Waals surface area contributed by atoms with Crippen LogP contribution in [0.4, 0.5) is 5.00 Å². The molecular weight excluding hydrogens is 354 g/mol. The molecule has 2 fully saturated rings. The highest BCUT2D eigenvalue weighted by Crippen LogP contribution is 2.49. The van der Waals surface area contributed by atoms with E-state index >= 15 is 0 Å². The molecule has 0 radical (unpaired) electrons. The minimum absolute atomic E-state index is 0.249. The summed E-state index contributed by atoms with van der Waals surface area (Å²) in [7, 11) is 0. The second-order valence-corrected chi connectivity index (χ2v) is 8.21. The summed E-state index contributed by atoms with van der Waals surface area (Å²) in [6.07, 6.45) is 6.82. The van der Waals surface area contributed by atoms with Crippen LogP contribution in [0.3, 0.4) is 0 Å². The Morgan fingerprint density at radius 1 is 1.19 bits per heavy atom.